The summed E-state index contributed by atoms with van der Waals surface area (Å²) in [5.41, 5.74) is 2.45. The third kappa shape index (κ3) is 4.50. The van der Waals surface area contributed by atoms with Crippen molar-refractivity contribution in [2.24, 2.45) is 10.3 Å². The van der Waals surface area contributed by atoms with Crippen molar-refractivity contribution in [2.45, 2.75) is 45.4 Å². The number of anilines is 2. The maximum absolute atomic E-state index is 12.8. The summed E-state index contributed by atoms with van der Waals surface area (Å²) >= 11 is 0. The van der Waals surface area contributed by atoms with Crippen LogP contribution in [0.4, 0.5) is 11.4 Å². The van der Waals surface area contributed by atoms with Crippen molar-refractivity contribution in [1.29, 1.82) is 0 Å². The Labute approximate surface area is 172 Å². The van der Waals surface area contributed by atoms with Gasteiger partial charge in [0.1, 0.15) is 10.7 Å². The van der Waals surface area contributed by atoms with Crippen LogP contribution < -0.4 is 10.2 Å². The fourth-order valence-corrected chi connectivity index (χ4v) is 4.68. The lowest BCUT2D eigenvalue weighted by atomic mass is 10.1. The van der Waals surface area contributed by atoms with Crippen LogP contribution in [0.1, 0.15) is 49.5 Å². The van der Waals surface area contributed by atoms with Crippen LogP contribution in [0, 0.1) is 12.8 Å². The molecular weight excluding hydrogens is 386 g/mol. The van der Waals surface area contributed by atoms with Crippen molar-refractivity contribution in [2.75, 3.05) is 16.8 Å². The molecule has 154 valence electrons. The fourth-order valence-electron chi connectivity index (χ4n) is 3.40. The van der Waals surface area contributed by atoms with E-state index >= 15 is 0 Å². The summed E-state index contributed by atoms with van der Waals surface area (Å²) in [5.74, 6) is 0.641. The molecule has 0 atom stereocenters. The quantitative estimate of drug-likeness (QED) is 0.750. The number of benzene rings is 2. The lowest BCUT2D eigenvalue weighted by molar-refractivity contribution is 0.102. The molecule has 1 heterocycles. The molecule has 0 spiro atoms. The van der Waals surface area contributed by atoms with Crippen molar-refractivity contribution < 1.29 is 13.2 Å². The van der Waals surface area contributed by atoms with E-state index in [1.165, 1.54) is 6.07 Å². The Balaban J connectivity index is 1.98. The zero-order chi connectivity index (χ0) is 21.2. The van der Waals surface area contributed by atoms with Gasteiger partial charge in [-0.25, -0.2) is 0 Å². The lowest BCUT2D eigenvalue weighted by Gasteiger charge is -2.32. The minimum atomic E-state index is -3.82. The van der Waals surface area contributed by atoms with Crippen LogP contribution in [-0.4, -0.2) is 26.7 Å². The fraction of sp³-hybridized carbons (Fsp3) is 0.364. The molecule has 7 heteroatoms. The Morgan fingerprint density at radius 1 is 1.17 bits per heavy atom. The van der Waals surface area contributed by atoms with Crippen LogP contribution in [0.15, 0.2) is 51.8 Å². The van der Waals surface area contributed by atoms with Crippen LogP contribution >= 0.6 is 0 Å². The monoisotopic (exact) mass is 413 g/mol. The van der Waals surface area contributed by atoms with Crippen molar-refractivity contribution in [3.8, 4) is 0 Å². The summed E-state index contributed by atoms with van der Waals surface area (Å²) in [6.45, 7) is 8.71. The summed E-state index contributed by atoms with van der Waals surface area (Å²) in [6, 6.07) is 12.3. The van der Waals surface area contributed by atoms with Gasteiger partial charge in [-0.3, -0.25) is 4.79 Å². The Kier molecular flexibility index (Phi) is 6.07. The number of hydrogen-bond donors (Lipinski definition) is 1. The Morgan fingerprint density at radius 2 is 1.90 bits per heavy atom. The highest BCUT2D eigenvalue weighted by atomic mass is 32.2. The zero-order valence-electron chi connectivity index (χ0n) is 17.3. The van der Waals surface area contributed by atoms with E-state index < -0.39 is 10.0 Å². The molecule has 29 heavy (non-hydrogen) atoms. The second kappa shape index (κ2) is 8.37. The number of fused-ring (bicyclic) bond motifs is 1. The Morgan fingerprint density at radius 3 is 2.55 bits per heavy atom. The molecule has 0 aromatic heterocycles. The maximum atomic E-state index is 12.8. The summed E-state index contributed by atoms with van der Waals surface area (Å²) in [6.07, 6.45) is 1.40. The van der Waals surface area contributed by atoms with Gasteiger partial charge < -0.3 is 10.2 Å². The number of amides is 1. The van der Waals surface area contributed by atoms with Gasteiger partial charge in [-0.2, -0.15) is 8.42 Å². The molecule has 0 saturated heterocycles. The van der Waals surface area contributed by atoms with Gasteiger partial charge in [0.25, 0.3) is 15.9 Å². The highest BCUT2D eigenvalue weighted by Gasteiger charge is 2.31. The molecule has 1 amide bonds. The number of aryl methyl sites for hydroxylation is 1. The van der Waals surface area contributed by atoms with E-state index in [2.05, 4.69) is 23.6 Å². The minimum Gasteiger partial charge on any atom is -0.328 e. The van der Waals surface area contributed by atoms with E-state index in [1.54, 1.807) is 24.3 Å². The number of sulfonamides is 1. The smallest absolute Gasteiger partial charge is 0.286 e. The van der Waals surface area contributed by atoms with Crippen molar-refractivity contribution in [3.63, 3.8) is 0 Å². The van der Waals surface area contributed by atoms with E-state index in [4.69, 9.17) is 0 Å². The lowest BCUT2D eigenvalue weighted by Crippen LogP contribution is -2.38. The molecule has 1 N–H and O–H groups in total. The highest BCUT2D eigenvalue weighted by molar-refractivity contribution is 7.90. The molecule has 6 nitrogen and oxygen atoms in total. The van der Waals surface area contributed by atoms with Crippen LogP contribution in [-0.2, 0) is 10.0 Å². The Hall–Kier alpha value is -2.67. The third-order valence-corrected chi connectivity index (χ3v) is 6.07. The second-order valence-electron chi connectivity index (χ2n) is 7.69. The second-order valence-corrected chi connectivity index (χ2v) is 9.26. The number of hydrogen-bond acceptors (Lipinski definition) is 4. The molecule has 0 bridgehead atoms. The van der Waals surface area contributed by atoms with Gasteiger partial charge in [-0.05, 0) is 49.1 Å². The van der Waals surface area contributed by atoms with Gasteiger partial charge in [0.05, 0.1) is 5.69 Å². The van der Waals surface area contributed by atoms with Crippen molar-refractivity contribution >= 4 is 33.1 Å². The molecule has 2 aromatic carbocycles. The van der Waals surface area contributed by atoms with Gasteiger partial charge in [0.15, 0.2) is 0 Å². The highest BCUT2D eigenvalue weighted by Crippen LogP contribution is 2.35. The zero-order valence-corrected chi connectivity index (χ0v) is 18.1. The minimum absolute atomic E-state index is 0.126. The van der Waals surface area contributed by atoms with Gasteiger partial charge in [-0.15, -0.1) is 4.40 Å². The van der Waals surface area contributed by atoms with E-state index in [1.807, 2.05) is 30.9 Å². The van der Waals surface area contributed by atoms with E-state index in [0.29, 0.717) is 41.7 Å². The summed E-state index contributed by atoms with van der Waals surface area (Å²) in [4.78, 5) is 14.7. The van der Waals surface area contributed by atoms with Gasteiger partial charge in [0, 0.05) is 24.2 Å². The Bertz CT molecular complexity index is 1060. The van der Waals surface area contributed by atoms with Crippen LogP contribution in [0.3, 0.4) is 0 Å². The summed E-state index contributed by atoms with van der Waals surface area (Å²) in [7, 11) is -3.82. The number of rotatable bonds is 6. The standard InChI is InChI=1S/C22H27N3O3S/c1-5-8-21-24-29(27,28)20-13-17(11-12-19(20)25(21)14-15(2)3)23-22(26)18-10-7-6-9-16(18)4/h6-7,9-13,15H,5,8,14H2,1-4H3,(H,23,26). The summed E-state index contributed by atoms with van der Waals surface area (Å²) < 4.78 is 29.7. The van der Waals surface area contributed by atoms with Crippen molar-refractivity contribution in [1.82, 2.24) is 0 Å². The van der Waals surface area contributed by atoms with Crippen LogP contribution in [0.2, 0.25) is 0 Å². The van der Waals surface area contributed by atoms with Gasteiger partial charge in [-0.1, -0.05) is 39.0 Å². The molecular formula is C22H27N3O3S. The first-order valence-electron chi connectivity index (χ1n) is 9.85. The van der Waals surface area contributed by atoms with E-state index in [-0.39, 0.29) is 10.8 Å². The number of nitrogens with one attached hydrogen (secondary N) is 1. The number of carbonyl (C=O) groups excluding carboxylic acids is 1. The van der Waals surface area contributed by atoms with Gasteiger partial charge >= 0.3 is 0 Å². The molecule has 1 aliphatic rings. The molecule has 1 aliphatic heterocycles. The largest absolute Gasteiger partial charge is 0.328 e. The predicted molar refractivity (Wildman–Crippen MR) is 117 cm³/mol. The topological polar surface area (TPSA) is 78.8 Å². The normalized spacial score (nSPS) is 15.1. The molecule has 2 aromatic rings. The average Bonchev–Trinajstić information content (AvgIpc) is 2.65. The first-order valence-corrected chi connectivity index (χ1v) is 11.3. The van der Waals surface area contributed by atoms with E-state index in [0.717, 1.165) is 12.0 Å². The third-order valence-electron chi connectivity index (χ3n) is 4.73. The molecule has 3 rings (SSSR count). The van der Waals surface area contributed by atoms with Crippen LogP contribution in [0.5, 0.6) is 0 Å². The first kappa shape index (κ1) is 21.0. The molecule has 0 aliphatic carbocycles. The van der Waals surface area contributed by atoms with Gasteiger partial charge in [0.2, 0.25) is 0 Å². The molecule has 0 saturated carbocycles. The number of amidine groups is 1. The van der Waals surface area contributed by atoms with Crippen molar-refractivity contribution in [3.05, 3.63) is 53.6 Å². The first-order chi connectivity index (χ1) is 13.7. The van der Waals surface area contributed by atoms with Crippen LogP contribution in [0.25, 0.3) is 0 Å². The predicted octanol–water partition coefficient (Wildman–Crippen LogP) is 4.61. The van der Waals surface area contributed by atoms with E-state index in [9.17, 15) is 13.2 Å². The average molecular weight is 414 g/mol. The maximum Gasteiger partial charge on any atom is 0.286 e. The summed E-state index contributed by atoms with van der Waals surface area (Å²) in [5, 5.41) is 2.81. The number of nitrogens with zero attached hydrogens (tertiary/aromatic N) is 2. The molecule has 0 unspecified atom stereocenters. The molecule has 0 radical (unpaired) electrons. The number of carbonyl (C=O) groups is 1. The SMILES string of the molecule is CCCC1=NS(=O)(=O)c2cc(NC(=O)c3ccccc3C)ccc2N1CC(C)C. The molecule has 0 fully saturated rings.